The smallest absolute Gasteiger partial charge is 0.377 e. The summed E-state index contributed by atoms with van der Waals surface area (Å²) in [5, 5.41) is 7.21. The molecule has 0 aliphatic carbocycles. The zero-order valence-electron chi connectivity index (χ0n) is 10.5. The summed E-state index contributed by atoms with van der Waals surface area (Å²) in [6.45, 7) is 0. The molecule has 0 aromatic heterocycles. The highest BCUT2D eigenvalue weighted by molar-refractivity contribution is 6.72. The fraction of sp³-hybridized carbons (Fsp3) is 1.00. The van der Waals surface area contributed by atoms with Crippen LogP contribution >= 0.6 is 0 Å². The van der Waals surface area contributed by atoms with Crippen molar-refractivity contribution < 1.29 is 0 Å². The highest BCUT2D eigenvalue weighted by Gasteiger charge is 2.40. The Hall–Kier alpha value is -0.0452. The van der Waals surface area contributed by atoms with Crippen LogP contribution < -0.4 is 5.14 Å². The maximum absolute atomic E-state index is 3.12. The molecule has 1 N–H and O–H groups in total. The van der Waals surface area contributed by atoms with Crippen LogP contribution in [0.2, 0.25) is 0 Å². The van der Waals surface area contributed by atoms with Crippen LogP contribution in [-0.4, -0.2) is 89.0 Å². The second-order valence-electron chi connectivity index (χ2n) is 4.19. The second-order valence-corrected chi connectivity index (χ2v) is 4.19. The summed E-state index contributed by atoms with van der Waals surface area (Å²) < 4.78 is 0. The Balaban J connectivity index is 2.80. The number of hydrazine groups is 2. The molecule has 0 saturated carbocycles. The van der Waals surface area contributed by atoms with E-state index in [0.29, 0.717) is 0 Å². The van der Waals surface area contributed by atoms with E-state index in [0.717, 1.165) is 0 Å². The van der Waals surface area contributed by atoms with Gasteiger partial charge in [-0.15, -0.1) is 0 Å². The van der Waals surface area contributed by atoms with E-state index in [2.05, 4.69) is 33.7 Å². The first-order valence-electron chi connectivity index (χ1n) is 4.95. The lowest BCUT2D eigenvalue weighted by atomic mass is 9.71. The van der Waals surface area contributed by atoms with Crippen LogP contribution in [0.5, 0.6) is 0 Å². The van der Waals surface area contributed by atoms with Gasteiger partial charge in [-0.3, -0.25) is 19.7 Å². The largest absolute Gasteiger partial charge is 0.410 e. The van der Waals surface area contributed by atoms with Crippen LogP contribution in [0.4, 0.5) is 0 Å². The van der Waals surface area contributed by atoms with Gasteiger partial charge in [0.05, 0.1) is 0 Å². The Morgan fingerprint density at radius 1 is 0.867 bits per heavy atom. The topological polar surface area (TPSA) is 28.2 Å². The van der Waals surface area contributed by atoms with E-state index in [1.807, 2.05) is 53.3 Å². The molecule has 1 heterocycles. The lowest BCUT2D eigenvalue weighted by Crippen LogP contribution is -2.76. The molecule has 0 spiro atoms. The molecule has 82 valence electrons. The molecule has 9 heteroatoms. The molecule has 6 nitrogen and oxygen atoms in total. The van der Waals surface area contributed by atoms with Crippen LogP contribution in [0.25, 0.3) is 0 Å². The summed E-state index contributed by atoms with van der Waals surface area (Å²) in [5.74, 6) is 0. The first-order valence-corrected chi connectivity index (χ1v) is 4.95. The predicted octanol–water partition coefficient (Wildman–Crippen LogP) is -2.24. The Bertz CT molecular complexity index is 185. The molecule has 0 aromatic rings. The van der Waals surface area contributed by atoms with Gasteiger partial charge in [0.25, 0.3) is 0 Å². The van der Waals surface area contributed by atoms with Gasteiger partial charge in [-0.05, 0) is 42.3 Å². The molecular weight excluding hydrogens is 189 g/mol. The number of nitrogens with one attached hydrogen (secondary N) is 1. The lowest BCUT2D eigenvalue weighted by molar-refractivity contribution is 0.131. The van der Waals surface area contributed by atoms with Crippen molar-refractivity contribution in [2.45, 2.75) is 0 Å². The van der Waals surface area contributed by atoms with Crippen molar-refractivity contribution in [3.63, 3.8) is 0 Å². The maximum Gasteiger partial charge on any atom is 0.410 e. The van der Waals surface area contributed by atoms with Gasteiger partial charge in [0, 0.05) is 0 Å². The SMILES string of the molecule is CN(C)B1N(N(C)C)[B]N[B]N1N(C)C. The molecular formula is C6H19B3N6. The highest BCUT2D eigenvalue weighted by atomic mass is 15.7. The van der Waals surface area contributed by atoms with Gasteiger partial charge < -0.3 is 9.95 Å². The lowest BCUT2D eigenvalue weighted by Gasteiger charge is -2.47. The normalized spacial score (nSPS) is 19.9. The quantitative estimate of drug-likeness (QED) is 0.527. The minimum Gasteiger partial charge on any atom is -0.377 e. The van der Waals surface area contributed by atoms with Gasteiger partial charge in [-0.2, -0.15) is 0 Å². The summed E-state index contributed by atoms with van der Waals surface area (Å²) >= 11 is 0. The summed E-state index contributed by atoms with van der Waals surface area (Å²) in [5.41, 5.74) is 0. The Morgan fingerprint density at radius 2 is 1.27 bits per heavy atom. The van der Waals surface area contributed by atoms with Crippen LogP contribution in [0.1, 0.15) is 0 Å². The van der Waals surface area contributed by atoms with Crippen molar-refractivity contribution in [2.75, 3.05) is 42.3 Å². The third-order valence-electron chi connectivity index (χ3n) is 2.27. The van der Waals surface area contributed by atoms with E-state index in [1.165, 1.54) is 0 Å². The molecule has 0 atom stereocenters. The fourth-order valence-electron chi connectivity index (χ4n) is 1.56. The molecule has 1 aliphatic rings. The number of hydrogen-bond donors (Lipinski definition) is 1. The van der Waals surface area contributed by atoms with Gasteiger partial charge in [0.2, 0.25) is 0 Å². The Kier molecular flexibility index (Phi) is 4.63. The van der Waals surface area contributed by atoms with E-state index in [-0.39, 0.29) is 7.12 Å². The van der Waals surface area contributed by atoms with E-state index < -0.39 is 0 Å². The van der Waals surface area contributed by atoms with E-state index >= 15 is 0 Å². The van der Waals surface area contributed by atoms with Crippen molar-refractivity contribution in [1.82, 2.24) is 29.6 Å². The van der Waals surface area contributed by atoms with Gasteiger partial charge in [0.1, 0.15) is 0 Å². The van der Waals surface area contributed by atoms with E-state index in [1.54, 1.807) is 0 Å². The summed E-state index contributed by atoms with van der Waals surface area (Å²) in [7, 11) is 16.3. The monoisotopic (exact) mass is 208 g/mol. The predicted molar refractivity (Wildman–Crippen MR) is 65.1 cm³/mol. The van der Waals surface area contributed by atoms with Crippen molar-refractivity contribution in [2.24, 2.45) is 0 Å². The molecule has 0 amide bonds. The standard InChI is InChI=1S/C6H19B3N6/c1-11(2)9-14(12(3)4)7-10-8-15(9)13(5)6/h10H,1-6H3. The average Bonchev–Trinajstić information content (AvgIpc) is 2.16. The minimum absolute atomic E-state index is 0.149. The fourth-order valence-corrected chi connectivity index (χ4v) is 1.56. The van der Waals surface area contributed by atoms with Crippen LogP contribution in [-0.2, 0) is 0 Å². The van der Waals surface area contributed by atoms with Crippen molar-refractivity contribution in [1.29, 1.82) is 0 Å². The zero-order valence-corrected chi connectivity index (χ0v) is 10.5. The molecule has 0 aromatic carbocycles. The molecule has 0 unspecified atom stereocenters. The summed E-state index contributed by atoms with van der Waals surface area (Å²) in [4.78, 5) is 6.37. The van der Waals surface area contributed by atoms with Crippen LogP contribution in [0, 0.1) is 0 Å². The van der Waals surface area contributed by atoms with E-state index in [9.17, 15) is 0 Å². The Labute approximate surface area is 94.8 Å². The zero-order chi connectivity index (χ0) is 11.6. The van der Waals surface area contributed by atoms with Crippen molar-refractivity contribution in [3.8, 4) is 0 Å². The third kappa shape index (κ3) is 2.96. The van der Waals surface area contributed by atoms with Crippen LogP contribution in [0.15, 0.2) is 0 Å². The molecule has 1 saturated heterocycles. The summed E-state index contributed by atoms with van der Waals surface area (Å²) in [6, 6.07) is 0. The van der Waals surface area contributed by atoms with E-state index in [4.69, 9.17) is 0 Å². The first kappa shape index (κ1) is 13.0. The van der Waals surface area contributed by atoms with Gasteiger partial charge >= 0.3 is 22.2 Å². The molecule has 1 fully saturated rings. The molecule has 2 radical (unpaired) electrons. The number of rotatable bonds is 3. The minimum atomic E-state index is 0.149. The molecule has 1 aliphatic heterocycles. The highest BCUT2D eigenvalue weighted by Crippen LogP contribution is 2.07. The first-order chi connectivity index (χ1) is 6.95. The van der Waals surface area contributed by atoms with Gasteiger partial charge in [-0.1, -0.05) is 0 Å². The van der Waals surface area contributed by atoms with Crippen molar-refractivity contribution >= 4 is 22.2 Å². The van der Waals surface area contributed by atoms with Crippen LogP contribution in [0.3, 0.4) is 0 Å². The number of nitrogens with zero attached hydrogens (tertiary/aromatic N) is 5. The summed E-state index contributed by atoms with van der Waals surface area (Å²) in [6.07, 6.45) is 0. The molecule has 0 bridgehead atoms. The van der Waals surface area contributed by atoms with Gasteiger partial charge in [-0.25, -0.2) is 0 Å². The Morgan fingerprint density at radius 3 is 1.53 bits per heavy atom. The third-order valence-corrected chi connectivity index (χ3v) is 2.27. The second kappa shape index (κ2) is 5.33. The average molecular weight is 208 g/mol. The number of hydrogen-bond acceptors (Lipinski definition) is 6. The molecule has 1 rings (SSSR count). The maximum atomic E-state index is 3.12. The van der Waals surface area contributed by atoms with Crippen molar-refractivity contribution in [3.05, 3.63) is 0 Å². The van der Waals surface area contributed by atoms with Gasteiger partial charge in [0.15, 0.2) is 0 Å². The molecule has 15 heavy (non-hydrogen) atoms.